The number of nitrogens with zero attached hydrogens (tertiary/aromatic N) is 1. The molecule has 0 aromatic heterocycles. The van der Waals surface area contributed by atoms with Crippen molar-refractivity contribution in [3.05, 3.63) is 0 Å². The number of hydrogen-bond acceptors (Lipinski definition) is 6. The van der Waals surface area contributed by atoms with Crippen LogP contribution in [0.15, 0.2) is 0 Å². The highest BCUT2D eigenvalue weighted by atomic mass is 16.4. The third-order valence-electron chi connectivity index (χ3n) is 3.25. The quantitative estimate of drug-likeness (QED) is 0.324. The van der Waals surface area contributed by atoms with E-state index in [9.17, 15) is 14.4 Å². The third kappa shape index (κ3) is 4.99. The fraction of sp³-hybridized carbons (Fsp3) is 0.727. The second kappa shape index (κ2) is 7.96. The molecular formula is C11H20BN3O6. The van der Waals surface area contributed by atoms with Crippen LogP contribution < -0.4 is 10.6 Å². The Labute approximate surface area is 122 Å². The molecule has 2 unspecified atom stereocenters. The zero-order valence-corrected chi connectivity index (χ0v) is 11.8. The molecule has 0 aliphatic carbocycles. The van der Waals surface area contributed by atoms with E-state index in [4.69, 9.17) is 15.2 Å². The fourth-order valence-corrected chi connectivity index (χ4v) is 2.24. The first-order chi connectivity index (χ1) is 9.86. The molecule has 0 saturated carbocycles. The molecule has 5 N–H and O–H groups in total. The normalized spacial score (nSPS) is 19.0. The molecule has 0 aromatic rings. The Morgan fingerprint density at radius 3 is 2.57 bits per heavy atom. The maximum atomic E-state index is 11.9. The van der Waals surface area contributed by atoms with E-state index in [2.05, 4.69) is 10.6 Å². The zero-order valence-electron chi connectivity index (χ0n) is 11.8. The summed E-state index contributed by atoms with van der Waals surface area (Å²) in [5.41, 5.74) is 0. The van der Waals surface area contributed by atoms with Crippen molar-refractivity contribution in [1.29, 1.82) is 0 Å². The molecule has 1 aliphatic heterocycles. The average molecular weight is 301 g/mol. The summed E-state index contributed by atoms with van der Waals surface area (Å²) in [5, 5.41) is 31.9. The van der Waals surface area contributed by atoms with Gasteiger partial charge in [-0.25, -0.2) is 0 Å². The standard InChI is InChI=1S/C11H20BN3O6/c1-7(17)14-8(6-16)11(19)13-5-10(18)15-4-2-3-9(15)12(20)21/h8-9,16,20-21H,2-6H2,1H3,(H,13,19)(H,14,17). The fourth-order valence-electron chi connectivity index (χ4n) is 2.24. The predicted molar refractivity (Wildman–Crippen MR) is 72.6 cm³/mol. The monoisotopic (exact) mass is 301 g/mol. The second-order valence-corrected chi connectivity index (χ2v) is 4.86. The lowest BCUT2D eigenvalue weighted by Crippen LogP contribution is -2.52. The molecule has 3 amide bonds. The van der Waals surface area contributed by atoms with Crippen molar-refractivity contribution in [3.63, 3.8) is 0 Å². The van der Waals surface area contributed by atoms with E-state index in [-0.39, 0.29) is 6.54 Å². The molecule has 118 valence electrons. The minimum Gasteiger partial charge on any atom is -0.426 e. The molecular weight excluding hydrogens is 281 g/mol. The third-order valence-corrected chi connectivity index (χ3v) is 3.25. The second-order valence-electron chi connectivity index (χ2n) is 4.86. The van der Waals surface area contributed by atoms with E-state index < -0.39 is 43.4 Å². The summed E-state index contributed by atoms with van der Waals surface area (Å²) < 4.78 is 0. The van der Waals surface area contributed by atoms with Crippen molar-refractivity contribution in [2.45, 2.75) is 31.7 Å². The Morgan fingerprint density at radius 2 is 2.05 bits per heavy atom. The van der Waals surface area contributed by atoms with Crippen LogP contribution in [-0.2, 0) is 14.4 Å². The maximum Gasteiger partial charge on any atom is 0.475 e. The van der Waals surface area contributed by atoms with Crippen LogP contribution >= 0.6 is 0 Å². The minimum absolute atomic E-state index is 0.335. The van der Waals surface area contributed by atoms with Crippen LogP contribution in [0.4, 0.5) is 0 Å². The highest BCUT2D eigenvalue weighted by molar-refractivity contribution is 6.43. The SMILES string of the molecule is CC(=O)NC(CO)C(=O)NCC(=O)N1CCCC1B(O)O. The summed E-state index contributed by atoms with van der Waals surface area (Å²) in [4.78, 5) is 35.8. The first kappa shape index (κ1) is 17.4. The van der Waals surface area contributed by atoms with Gasteiger partial charge in [-0.2, -0.15) is 0 Å². The van der Waals surface area contributed by atoms with Crippen molar-refractivity contribution in [1.82, 2.24) is 15.5 Å². The van der Waals surface area contributed by atoms with Crippen molar-refractivity contribution >= 4 is 24.8 Å². The number of likely N-dealkylation sites (tertiary alicyclic amines) is 1. The average Bonchev–Trinajstić information content (AvgIpc) is 2.91. The zero-order chi connectivity index (χ0) is 16.0. The summed E-state index contributed by atoms with van der Waals surface area (Å²) in [6, 6.07) is -1.12. The molecule has 1 saturated heterocycles. The lowest BCUT2D eigenvalue weighted by atomic mass is 9.78. The van der Waals surface area contributed by atoms with E-state index in [1.807, 2.05) is 0 Å². The maximum absolute atomic E-state index is 11.9. The molecule has 9 nitrogen and oxygen atoms in total. The van der Waals surface area contributed by atoms with Gasteiger partial charge in [0, 0.05) is 13.5 Å². The topological polar surface area (TPSA) is 139 Å². The van der Waals surface area contributed by atoms with Crippen molar-refractivity contribution in [3.8, 4) is 0 Å². The van der Waals surface area contributed by atoms with Gasteiger partial charge in [-0.1, -0.05) is 0 Å². The molecule has 10 heteroatoms. The lowest BCUT2D eigenvalue weighted by molar-refractivity contribution is -0.134. The number of amides is 3. The highest BCUT2D eigenvalue weighted by Gasteiger charge is 2.36. The molecule has 0 radical (unpaired) electrons. The van der Waals surface area contributed by atoms with Crippen molar-refractivity contribution < 1.29 is 29.5 Å². The number of nitrogens with one attached hydrogen (secondary N) is 2. The van der Waals surface area contributed by atoms with E-state index in [1.165, 1.54) is 11.8 Å². The van der Waals surface area contributed by atoms with Crippen LogP contribution in [-0.4, -0.2) is 76.6 Å². The van der Waals surface area contributed by atoms with E-state index >= 15 is 0 Å². The summed E-state index contributed by atoms with van der Waals surface area (Å²) in [6.45, 7) is 0.685. The van der Waals surface area contributed by atoms with Gasteiger partial charge in [-0.3, -0.25) is 14.4 Å². The number of carbonyl (C=O) groups is 3. The number of carbonyl (C=O) groups excluding carboxylic acids is 3. The Bertz CT molecular complexity index is 405. The summed E-state index contributed by atoms with van der Waals surface area (Å²) in [6.07, 6.45) is 1.15. The Kier molecular flexibility index (Phi) is 6.60. The number of aliphatic hydroxyl groups excluding tert-OH is 1. The van der Waals surface area contributed by atoms with E-state index in [0.29, 0.717) is 19.4 Å². The summed E-state index contributed by atoms with van der Waals surface area (Å²) in [5.74, 6) is -2.27. The van der Waals surface area contributed by atoms with Crippen LogP contribution in [0.25, 0.3) is 0 Å². The molecule has 1 heterocycles. The Balaban J connectivity index is 2.48. The van der Waals surface area contributed by atoms with Gasteiger partial charge in [0.05, 0.1) is 19.1 Å². The first-order valence-electron chi connectivity index (χ1n) is 6.68. The van der Waals surface area contributed by atoms with Crippen LogP contribution in [0.3, 0.4) is 0 Å². The molecule has 1 fully saturated rings. The number of rotatable bonds is 6. The van der Waals surface area contributed by atoms with Gasteiger partial charge in [0.15, 0.2) is 0 Å². The Morgan fingerprint density at radius 1 is 1.38 bits per heavy atom. The van der Waals surface area contributed by atoms with Gasteiger partial charge in [-0.05, 0) is 12.8 Å². The molecule has 0 aromatic carbocycles. The number of aliphatic hydroxyl groups is 1. The number of hydrogen-bond donors (Lipinski definition) is 5. The van der Waals surface area contributed by atoms with Crippen LogP contribution in [0.1, 0.15) is 19.8 Å². The molecule has 21 heavy (non-hydrogen) atoms. The van der Waals surface area contributed by atoms with Crippen LogP contribution in [0.5, 0.6) is 0 Å². The molecule has 0 spiro atoms. The largest absolute Gasteiger partial charge is 0.475 e. The smallest absolute Gasteiger partial charge is 0.426 e. The summed E-state index contributed by atoms with van der Waals surface area (Å²) in [7, 11) is -1.61. The van der Waals surface area contributed by atoms with Gasteiger partial charge in [0.25, 0.3) is 0 Å². The molecule has 2 atom stereocenters. The lowest BCUT2D eigenvalue weighted by Gasteiger charge is -2.24. The summed E-state index contributed by atoms with van der Waals surface area (Å²) >= 11 is 0. The van der Waals surface area contributed by atoms with Gasteiger partial charge in [0.1, 0.15) is 6.04 Å². The van der Waals surface area contributed by atoms with Crippen LogP contribution in [0, 0.1) is 0 Å². The van der Waals surface area contributed by atoms with Gasteiger partial charge in [-0.15, -0.1) is 0 Å². The van der Waals surface area contributed by atoms with Crippen molar-refractivity contribution in [2.75, 3.05) is 19.7 Å². The Hall–Kier alpha value is -1.65. The molecule has 1 rings (SSSR count). The van der Waals surface area contributed by atoms with Gasteiger partial charge in [0.2, 0.25) is 17.7 Å². The minimum atomic E-state index is -1.61. The predicted octanol–water partition coefficient (Wildman–Crippen LogP) is -3.40. The van der Waals surface area contributed by atoms with Gasteiger partial charge >= 0.3 is 7.12 Å². The van der Waals surface area contributed by atoms with Crippen molar-refractivity contribution in [2.24, 2.45) is 0 Å². The first-order valence-corrected chi connectivity index (χ1v) is 6.68. The molecule has 1 aliphatic rings. The van der Waals surface area contributed by atoms with E-state index in [1.54, 1.807) is 0 Å². The van der Waals surface area contributed by atoms with Gasteiger partial charge < -0.3 is 30.7 Å². The highest BCUT2D eigenvalue weighted by Crippen LogP contribution is 2.17. The molecule has 0 bridgehead atoms. The van der Waals surface area contributed by atoms with E-state index in [0.717, 1.165) is 0 Å². The van der Waals surface area contributed by atoms with Crippen LogP contribution in [0.2, 0.25) is 0 Å².